The second kappa shape index (κ2) is 12.3. The summed E-state index contributed by atoms with van der Waals surface area (Å²) in [5, 5.41) is 0. The number of carbonyl (C=O) groups is 2. The molecule has 152 valence electrons. The largest absolute Gasteiger partial charge is 0.465 e. The summed E-state index contributed by atoms with van der Waals surface area (Å²) in [7, 11) is 0. The van der Waals surface area contributed by atoms with Gasteiger partial charge in [-0.3, -0.25) is 9.59 Å². The lowest BCUT2D eigenvalue weighted by atomic mass is 10.2. The molecule has 0 aromatic heterocycles. The van der Waals surface area contributed by atoms with Crippen molar-refractivity contribution in [3.8, 4) is 0 Å². The monoisotopic (exact) mass is 373 g/mol. The van der Waals surface area contributed by atoms with Crippen LogP contribution in [0.2, 0.25) is 0 Å². The summed E-state index contributed by atoms with van der Waals surface area (Å²) in [5.41, 5.74) is 0. The second-order valence-electron chi connectivity index (χ2n) is 6.48. The minimum atomic E-state index is -1.08. The van der Waals surface area contributed by atoms with E-state index in [0.717, 1.165) is 25.7 Å². The number of ether oxygens (including phenoxy) is 4. The standard InChI is InChI=1S/C19H35NO6/c1-5-11-23-17(21)15-20-16(18(22)24-12-6-2)9-10-19(20,25-13-7-3)26-14-8-4/h16H,5-15H2,1-4H3. The Kier molecular flexibility index (Phi) is 10.8. The Morgan fingerprint density at radius 1 is 0.885 bits per heavy atom. The average molecular weight is 373 g/mol. The van der Waals surface area contributed by atoms with E-state index in [9.17, 15) is 9.59 Å². The number of hydrogen-bond donors (Lipinski definition) is 0. The molecule has 1 heterocycles. The predicted molar refractivity (Wildman–Crippen MR) is 97.4 cm³/mol. The Bertz CT molecular complexity index is 420. The SMILES string of the molecule is CCCOC(=O)CN1C(C(=O)OCCC)CCC1(OCCC)OCCC. The van der Waals surface area contributed by atoms with Crippen molar-refractivity contribution in [1.82, 2.24) is 4.90 Å². The van der Waals surface area contributed by atoms with Crippen molar-refractivity contribution in [2.24, 2.45) is 0 Å². The van der Waals surface area contributed by atoms with E-state index >= 15 is 0 Å². The number of nitrogens with zero attached hydrogens (tertiary/aromatic N) is 1. The summed E-state index contributed by atoms with van der Waals surface area (Å²) in [6, 6.07) is -0.565. The summed E-state index contributed by atoms with van der Waals surface area (Å²) >= 11 is 0. The first-order valence-corrected chi connectivity index (χ1v) is 9.91. The van der Waals surface area contributed by atoms with E-state index in [-0.39, 0.29) is 18.5 Å². The Labute approximate surface area is 157 Å². The number of hydrogen-bond acceptors (Lipinski definition) is 7. The normalized spacial score (nSPS) is 19.5. The highest BCUT2D eigenvalue weighted by atomic mass is 16.7. The molecule has 0 saturated carbocycles. The van der Waals surface area contributed by atoms with Crippen LogP contribution < -0.4 is 0 Å². The summed E-state index contributed by atoms with van der Waals surface area (Å²) in [4.78, 5) is 26.5. The molecule has 1 unspecified atom stereocenters. The maximum absolute atomic E-state index is 12.5. The summed E-state index contributed by atoms with van der Waals surface area (Å²) < 4.78 is 22.6. The molecule has 7 heteroatoms. The Morgan fingerprint density at radius 3 is 1.96 bits per heavy atom. The number of esters is 2. The molecule has 0 aromatic rings. The van der Waals surface area contributed by atoms with Gasteiger partial charge in [0, 0.05) is 6.42 Å². The van der Waals surface area contributed by atoms with Crippen molar-refractivity contribution >= 4 is 11.9 Å². The van der Waals surface area contributed by atoms with Gasteiger partial charge in [0.2, 0.25) is 5.91 Å². The highest BCUT2D eigenvalue weighted by molar-refractivity contribution is 5.78. The van der Waals surface area contributed by atoms with Gasteiger partial charge >= 0.3 is 11.9 Å². The first-order chi connectivity index (χ1) is 12.5. The van der Waals surface area contributed by atoms with E-state index in [0.29, 0.717) is 39.3 Å². The first kappa shape index (κ1) is 22.9. The van der Waals surface area contributed by atoms with Crippen LogP contribution in [0, 0.1) is 0 Å². The zero-order valence-electron chi connectivity index (χ0n) is 16.8. The minimum Gasteiger partial charge on any atom is -0.465 e. The van der Waals surface area contributed by atoms with Crippen LogP contribution in [0.3, 0.4) is 0 Å². The minimum absolute atomic E-state index is 0.0562. The molecule has 0 spiro atoms. The van der Waals surface area contributed by atoms with Crippen molar-refractivity contribution in [1.29, 1.82) is 0 Å². The zero-order chi connectivity index (χ0) is 19.4. The van der Waals surface area contributed by atoms with E-state index in [1.807, 2.05) is 27.7 Å². The molecule has 0 amide bonds. The van der Waals surface area contributed by atoms with Crippen LogP contribution in [-0.2, 0) is 28.5 Å². The van der Waals surface area contributed by atoms with Gasteiger partial charge in [0.05, 0.1) is 26.4 Å². The molecule has 1 fully saturated rings. The van der Waals surface area contributed by atoms with Gasteiger partial charge in [0.1, 0.15) is 12.6 Å². The van der Waals surface area contributed by atoms with Gasteiger partial charge in [-0.25, -0.2) is 4.90 Å². The Hall–Kier alpha value is -1.18. The number of rotatable bonds is 13. The van der Waals surface area contributed by atoms with Gasteiger partial charge in [-0.15, -0.1) is 0 Å². The summed E-state index contributed by atoms with van der Waals surface area (Å²) in [6.45, 7) is 9.54. The lowest BCUT2D eigenvalue weighted by Crippen LogP contribution is -2.55. The van der Waals surface area contributed by atoms with Crippen molar-refractivity contribution in [3.63, 3.8) is 0 Å². The quantitative estimate of drug-likeness (QED) is 0.363. The van der Waals surface area contributed by atoms with Crippen LogP contribution in [0.25, 0.3) is 0 Å². The maximum atomic E-state index is 12.5. The van der Waals surface area contributed by atoms with Gasteiger partial charge in [-0.05, 0) is 32.1 Å². The number of carbonyl (C=O) groups excluding carboxylic acids is 2. The van der Waals surface area contributed by atoms with Crippen LogP contribution in [0.4, 0.5) is 0 Å². The van der Waals surface area contributed by atoms with Crippen LogP contribution in [0.15, 0.2) is 0 Å². The molecule has 7 nitrogen and oxygen atoms in total. The summed E-state index contributed by atoms with van der Waals surface area (Å²) in [5.74, 6) is -1.79. The fraction of sp³-hybridized carbons (Fsp3) is 0.895. The third kappa shape index (κ3) is 6.52. The lowest BCUT2D eigenvalue weighted by molar-refractivity contribution is -0.307. The fourth-order valence-corrected chi connectivity index (χ4v) is 2.91. The zero-order valence-corrected chi connectivity index (χ0v) is 16.8. The highest BCUT2D eigenvalue weighted by Gasteiger charge is 2.52. The van der Waals surface area contributed by atoms with Gasteiger partial charge in [0.15, 0.2) is 0 Å². The van der Waals surface area contributed by atoms with Gasteiger partial charge in [-0.2, -0.15) is 0 Å². The molecule has 1 saturated heterocycles. The van der Waals surface area contributed by atoms with Crippen LogP contribution in [-0.4, -0.2) is 61.8 Å². The fourth-order valence-electron chi connectivity index (χ4n) is 2.91. The molecule has 0 aliphatic carbocycles. The second-order valence-corrected chi connectivity index (χ2v) is 6.48. The molecular formula is C19H35NO6. The van der Waals surface area contributed by atoms with Crippen LogP contribution in [0.1, 0.15) is 66.2 Å². The van der Waals surface area contributed by atoms with Crippen molar-refractivity contribution < 1.29 is 28.5 Å². The lowest BCUT2D eigenvalue weighted by Gasteiger charge is -2.39. The van der Waals surface area contributed by atoms with E-state index in [2.05, 4.69) is 0 Å². The Morgan fingerprint density at radius 2 is 1.42 bits per heavy atom. The highest BCUT2D eigenvalue weighted by Crippen LogP contribution is 2.37. The van der Waals surface area contributed by atoms with Crippen molar-refractivity contribution in [2.75, 3.05) is 33.0 Å². The molecule has 26 heavy (non-hydrogen) atoms. The van der Waals surface area contributed by atoms with Gasteiger partial charge in [0.25, 0.3) is 0 Å². The van der Waals surface area contributed by atoms with Crippen molar-refractivity contribution in [3.05, 3.63) is 0 Å². The summed E-state index contributed by atoms with van der Waals surface area (Å²) in [6.07, 6.45) is 4.17. The first-order valence-electron chi connectivity index (χ1n) is 9.91. The molecule has 1 atom stereocenters. The topological polar surface area (TPSA) is 74.3 Å². The Balaban J connectivity index is 2.99. The molecule has 0 radical (unpaired) electrons. The van der Waals surface area contributed by atoms with Crippen LogP contribution >= 0.6 is 0 Å². The molecule has 0 aromatic carbocycles. The van der Waals surface area contributed by atoms with Crippen LogP contribution in [0.5, 0.6) is 0 Å². The smallest absolute Gasteiger partial charge is 0.323 e. The van der Waals surface area contributed by atoms with E-state index in [1.54, 1.807) is 4.90 Å². The van der Waals surface area contributed by atoms with E-state index in [1.165, 1.54) is 0 Å². The maximum Gasteiger partial charge on any atom is 0.323 e. The molecule has 1 rings (SSSR count). The third-order valence-electron chi connectivity index (χ3n) is 4.10. The third-order valence-corrected chi connectivity index (χ3v) is 4.10. The van der Waals surface area contributed by atoms with Gasteiger partial charge < -0.3 is 18.9 Å². The average Bonchev–Trinajstić information content (AvgIpc) is 2.99. The van der Waals surface area contributed by atoms with E-state index in [4.69, 9.17) is 18.9 Å². The molecule has 0 bridgehead atoms. The molecule has 1 aliphatic heterocycles. The predicted octanol–water partition coefficient (Wildman–Crippen LogP) is 2.86. The van der Waals surface area contributed by atoms with Crippen molar-refractivity contribution in [2.45, 2.75) is 78.2 Å². The number of likely N-dealkylation sites (tertiary alicyclic amines) is 1. The van der Waals surface area contributed by atoms with Gasteiger partial charge in [-0.1, -0.05) is 27.7 Å². The molecule has 0 N–H and O–H groups in total. The van der Waals surface area contributed by atoms with E-state index < -0.39 is 12.0 Å². The molecule has 1 aliphatic rings. The molecular weight excluding hydrogens is 338 g/mol.